The fourth-order valence-corrected chi connectivity index (χ4v) is 5.79. The SMILES string of the molecule is CCCCNC(=O)c1cc(-c2csc(-c3ccc4c(c3)OCO4)n2)n(CC2CCCCC2)c1C. The third-order valence-corrected chi connectivity index (χ3v) is 7.87. The van der Waals surface area contributed by atoms with Gasteiger partial charge in [-0.15, -0.1) is 11.3 Å². The van der Waals surface area contributed by atoms with Gasteiger partial charge in [0.25, 0.3) is 5.91 Å². The van der Waals surface area contributed by atoms with E-state index in [1.165, 1.54) is 32.1 Å². The highest BCUT2D eigenvalue weighted by molar-refractivity contribution is 7.13. The van der Waals surface area contributed by atoms with Gasteiger partial charge < -0.3 is 19.4 Å². The van der Waals surface area contributed by atoms with Gasteiger partial charge in [-0.1, -0.05) is 32.6 Å². The van der Waals surface area contributed by atoms with E-state index >= 15 is 0 Å². The summed E-state index contributed by atoms with van der Waals surface area (Å²) >= 11 is 1.62. The Hall–Kier alpha value is -2.80. The minimum Gasteiger partial charge on any atom is -0.454 e. The number of carbonyl (C=O) groups excluding carboxylic acids is 1. The Morgan fingerprint density at radius 1 is 1.18 bits per heavy atom. The maximum absolute atomic E-state index is 13.0. The number of nitrogens with zero attached hydrogens (tertiary/aromatic N) is 2. The molecule has 0 spiro atoms. The highest BCUT2D eigenvalue weighted by Gasteiger charge is 2.23. The average Bonchev–Trinajstić information content (AvgIpc) is 3.59. The highest BCUT2D eigenvalue weighted by atomic mass is 32.1. The molecule has 180 valence electrons. The molecule has 7 heteroatoms. The van der Waals surface area contributed by atoms with Gasteiger partial charge in [-0.25, -0.2) is 4.98 Å². The molecule has 3 heterocycles. The fraction of sp³-hybridized carbons (Fsp3) is 0.481. The van der Waals surface area contributed by atoms with Crippen LogP contribution in [0.5, 0.6) is 11.5 Å². The summed E-state index contributed by atoms with van der Waals surface area (Å²) in [6, 6.07) is 7.99. The van der Waals surface area contributed by atoms with Crippen molar-refractivity contribution in [1.82, 2.24) is 14.9 Å². The molecule has 1 aliphatic heterocycles. The van der Waals surface area contributed by atoms with Gasteiger partial charge in [-0.2, -0.15) is 0 Å². The van der Waals surface area contributed by atoms with Crippen LogP contribution in [0.1, 0.15) is 67.9 Å². The second kappa shape index (κ2) is 10.2. The lowest BCUT2D eigenvalue weighted by Gasteiger charge is -2.24. The lowest BCUT2D eigenvalue weighted by Crippen LogP contribution is -2.25. The second-order valence-corrected chi connectivity index (χ2v) is 10.2. The Kier molecular flexibility index (Phi) is 6.90. The van der Waals surface area contributed by atoms with Crippen molar-refractivity contribution in [1.29, 1.82) is 0 Å². The number of nitrogens with one attached hydrogen (secondary N) is 1. The molecule has 34 heavy (non-hydrogen) atoms. The molecule has 1 amide bonds. The van der Waals surface area contributed by atoms with E-state index in [1.54, 1.807) is 11.3 Å². The van der Waals surface area contributed by atoms with Crippen molar-refractivity contribution >= 4 is 17.2 Å². The normalized spacial score (nSPS) is 15.6. The highest BCUT2D eigenvalue weighted by Crippen LogP contribution is 2.38. The molecular formula is C27H33N3O3S. The van der Waals surface area contributed by atoms with E-state index in [1.807, 2.05) is 24.3 Å². The average molecular weight is 480 g/mol. The van der Waals surface area contributed by atoms with Crippen LogP contribution in [0.3, 0.4) is 0 Å². The summed E-state index contributed by atoms with van der Waals surface area (Å²) in [5.41, 5.74) is 4.77. The summed E-state index contributed by atoms with van der Waals surface area (Å²) in [5.74, 6) is 2.20. The molecule has 1 N–H and O–H groups in total. The number of ether oxygens (including phenoxy) is 2. The van der Waals surface area contributed by atoms with Gasteiger partial charge >= 0.3 is 0 Å². The molecule has 0 saturated heterocycles. The van der Waals surface area contributed by atoms with Crippen LogP contribution in [0.15, 0.2) is 29.6 Å². The molecule has 0 unspecified atom stereocenters. The summed E-state index contributed by atoms with van der Waals surface area (Å²) in [5, 5.41) is 6.13. The van der Waals surface area contributed by atoms with E-state index in [2.05, 4.69) is 29.1 Å². The Balaban J connectivity index is 1.47. The minimum atomic E-state index is 0.0146. The molecule has 1 aliphatic carbocycles. The van der Waals surface area contributed by atoms with Crippen molar-refractivity contribution in [3.63, 3.8) is 0 Å². The first-order valence-corrected chi connectivity index (χ1v) is 13.4. The number of thiazole rings is 1. The predicted molar refractivity (Wildman–Crippen MR) is 136 cm³/mol. The zero-order valence-electron chi connectivity index (χ0n) is 20.1. The van der Waals surface area contributed by atoms with Gasteiger partial charge in [0.1, 0.15) is 5.01 Å². The number of hydrogen-bond acceptors (Lipinski definition) is 5. The second-order valence-electron chi connectivity index (χ2n) is 9.36. The standard InChI is InChI=1S/C27H33N3O3S/c1-3-4-12-28-26(31)21-14-23(30(18(21)2)15-19-8-6-5-7-9-19)22-16-34-27(29-22)20-10-11-24-25(13-20)33-17-32-24/h10-11,13-14,16,19H,3-9,12,15,17H2,1-2H3,(H,28,31). The molecule has 0 radical (unpaired) electrons. The van der Waals surface area contributed by atoms with Gasteiger partial charge in [0.05, 0.1) is 17.0 Å². The summed E-state index contributed by atoms with van der Waals surface area (Å²) in [7, 11) is 0. The topological polar surface area (TPSA) is 65.4 Å². The van der Waals surface area contributed by atoms with Crippen LogP contribution >= 0.6 is 11.3 Å². The monoisotopic (exact) mass is 479 g/mol. The van der Waals surface area contributed by atoms with Gasteiger partial charge in [0.2, 0.25) is 6.79 Å². The number of amides is 1. The van der Waals surface area contributed by atoms with Crippen LogP contribution in [0.4, 0.5) is 0 Å². The summed E-state index contributed by atoms with van der Waals surface area (Å²) in [4.78, 5) is 18.0. The third kappa shape index (κ3) is 4.71. The van der Waals surface area contributed by atoms with E-state index in [0.29, 0.717) is 12.5 Å². The Morgan fingerprint density at radius 2 is 2.00 bits per heavy atom. The molecule has 1 fully saturated rings. The van der Waals surface area contributed by atoms with Gasteiger partial charge in [-0.3, -0.25) is 4.79 Å². The molecule has 6 nitrogen and oxygen atoms in total. The zero-order valence-corrected chi connectivity index (χ0v) is 20.9. The Morgan fingerprint density at radius 3 is 2.82 bits per heavy atom. The van der Waals surface area contributed by atoms with Crippen LogP contribution in [0, 0.1) is 12.8 Å². The Bertz CT molecular complexity index is 1160. The van der Waals surface area contributed by atoms with Crippen molar-refractivity contribution in [3.8, 4) is 33.5 Å². The molecular weight excluding hydrogens is 446 g/mol. The molecule has 2 aromatic heterocycles. The van der Waals surface area contributed by atoms with E-state index in [-0.39, 0.29) is 12.7 Å². The molecule has 5 rings (SSSR count). The van der Waals surface area contributed by atoms with E-state index in [9.17, 15) is 4.79 Å². The number of carbonyl (C=O) groups is 1. The lowest BCUT2D eigenvalue weighted by atomic mass is 9.89. The van der Waals surface area contributed by atoms with Crippen molar-refractivity contribution in [2.45, 2.75) is 65.3 Å². The first-order chi connectivity index (χ1) is 16.6. The molecule has 2 aliphatic rings. The third-order valence-electron chi connectivity index (χ3n) is 6.98. The number of hydrogen-bond donors (Lipinski definition) is 1. The molecule has 1 saturated carbocycles. The van der Waals surface area contributed by atoms with E-state index < -0.39 is 0 Å². The van der Waals surface area contributed by atoms with E-state index in [4.69, 9.17) is 14.5 Å². The smallest absolute Gasteiger partial charge is 0.253 e. The number of aromatic nitrogens is 2. The number of rotatable bonds is 8. The van der Waals surface area contributed by atoms with Crippen molar-refractivity contribution in [2.75, 3.05) is 13.3 Å². The van der Waals surface area contributed by atoms with Crippen LogP contribution in [-0.2, 0) is 6.54 Å². The maximum Gasteiger partial charge on any atom is 0.253 e. The van der Waals surface area contributed by atoms with Gasteiger partial charge in [0, 0.05) is 29.7 Å². The van der Waals surface area contributed by atoms with Crippen LogP contribution in [0.2, 0.25) is 0 Å². The molecule has 0 atom stereocenters. The summed E-state index contributed by atoms with van der Waals surface area (Å²) in [6.45, 7) is 6.13. The largest absolute Gasteiger partial charge is 0.454 e. The van der Waals surface area contributed by atoms with Crippen LogP contribution in [0.25, 0.3) is 22.0 Å². The first-order valence-electron chi connectivity index (χ1n) is 12.5. The Labute approximate surface area is 205 Å². The van der Waals surface area contributed by atoms with Crippen molar-refractivity contribution < 1.29 is 14.3 Å². The first kappa shape index (κ1) is 23.0. The summed E-state index contributed by atoms with van der Waals surface area (Å²) < 4.78 is 13.3. The van der Waals surface area contributed by atoms with Crippen LogP contribution in [-0.4, -0.2) is 28.8 Å². The number of fused-ring (bicyclic) bond motifs is 1. The minimum absolute atomic E-state index is 0.0146. The van der Waals surface area contributed by atoms with Gasteiger partial charge in [0.15, 0.2) is 11.5 Å². The van der Waals surface area contributed by atoms with Crippen molar-refractivity contribution in [3.05, 3.63) is 40.9 Å². The van der Waals surface area contributed by atoms with Crippen molar-refractivity contribution in [2.24, 2.45) is 5.92 Å². The lowest BCUT2D eigenvalue weighted by molar-refractivity contribution is 0.0952. The molecule has 0 bridgehead atoms. The maximum atomic E-state index is 13.0. The van der Waals surface area contributed by atoms with E-state index in [0.717, 1.165) is 64.1 Å². The molecule has 1 aromatic carbocycles. The molecule has 3 aromatic rings. The van der Waals surface area contributed by atoms with Gasteiger partial charge in [-0.05, 0) is 56.4 Å². The quantitative estimate of drug-likeness (QED) is 0.378. The fourth-order valence-electron chi connectivity index (χ4n) is 4.98. The number of benzene rings is 1. The zero-order chi connectivity index (χ0) is 23.5. The number of unbranched alkanes of at least 4 members (excludes halogenated alkanes) is 1. The summed E-state index contributed by atoms with van der Waals surface area (Å²) in [6.07, 6.45) is 8.51. The predicted octanol–water partition coefficient (Wildman–Crippen LogP) is 6.43. The van der Waals surface area contributed by atoms with Crippen LogP contribution < -0.4 is 14.8 Å².